The number of aromatic nitrogens is 1. The van der Waals surface area contributed by atoms with Crippen molar-refractivity contribution in [2.24, 2.45) is 0 Å². The lowest BCUT2D eigenvalue weighted by Gasteiger charge is -2.32. The molecule has 0 spiro atoms. The van der Waals surface area contributed by atoms with Gasteiger partial charge in [-0.2, -0.15) is 4.31 Å². The van der Waals surface area contributed by atoms with Gasteiger partial charge in [-0.25, -0.2) is 13.2 Å². The largest absolute Gasteiger partial charge is 0.417 e. The van der Waals surface area contributed by atoms with Crippen LogP contribution < -0.4 is 5.76 Å². The van der Waals surface area contributed by atoms with Crippen molar-refractivity contribution in [3.63, 3.8) is 0 Å². The van der Waals surface area contributed by atoms with Crippen molar-refractivity contribution in [1.82, 2.24) is 9.29 Å². The van der Waals surface area contributed by atoms with E-state index in [1.54, 1.807) is 6.07 Å². The average molecular weight is 344 g/mol. The first-order chi connectivity index (χ1) is 11.4. The van der Waals surface area contributed by atoms with Crippen LogP contribution in [-0.2, 0) is 16.6 Å². The summed E-state index contributed by atoms with van der Waals surface area (Å²) in [4.78, 5) is 13.9. The maximum Gasteiger partial charge on any atom is 0.417 e. The Labute approximate surface area is 138 Å². The number of hydrogen-bond donors (Lipinski definition) is 1. The lowest BCUT2D eigenvalue weighted by atomic mass is 9.92. The van der Waals surface area contributed by atoms with Gasteiger partial charge in [-0.15, -0.1) is 0 Å². The SMILES string of the molecule is CC1CN(S(=O)(=O)c2ccc3[nH]c(=O)oc3c2)Cc2ccccc21. The first kappa shape index (κ1) is 15.2. The molecule has 7 heteroatoms. The van der Waals surface area contributed by atoms with E-state index in [-0.39, 0.29) is 16.4 Å². The van der Waals surface area contributed by atoms with E-state index < -0.39 is 15.8 Å². The van der Waals surface area contributed by atoms with Crippen molar-refractivity contribution in [2.45, 2.75) is 24.3 Å². The molecule has 1 N–H and O–H groups in total. The molecule has 0 aliphatic carbocycles. The van der Waals surface area contributed by atoms with Crippen LogP contribution in [0.5, 0.6) is 0 Å². The van der Waals surface area contributed by atoms with E-state index in [0.717, 1.165) is 5.56 Å². The minimum Gasteiger partial charge on any atom is -0.408 e. The maximum absolute atomic E-state index is 13.0. The summed E-state index contributed by atoms with van der Waals surface area (Å²) in [5, 5.41) is 0. The quantitative estimate of drug-likeness (QED) is 0.774. The highest BCUT2D eigenvalue weighted by Crippen LogP contribution is 2.31. The number of nitrogens with one attached hydrogen (secondary N) is 1. The minimum absolute atomic E-state index is 0.124. The average Bonchev–Trinajstić information content (AvgIpc) is 2.94. The molecule has 1 atom stereocenters. The molecule has 24 heavy (non-hydrogen) atoms. The normalized spacial score (nSPS) is 18.6. The molecule has 0 amide bonds. The van der Waals surface area contributed by atoms with Gasteiger partial charge in [0.05, 0.1) is 10.4 Å². The number of rotatable bonds is 2. The summed E-state index contributed by atoms with van der Waals surface area (Å²) < 4.78 is 32.4. The predicted molar refractivity (Wildman–Crippen MR) is 89.3 cm³/mol. The molecule has 0 radical (unpaired) electrons. The van der Waals surface area contributed by atoms with Crippen LogP contribution >= 0.6 is 0 Å². The Morgan fingerprint density at radius 3 is 2.83 bits per heavy atom. The van der Waals surface area contributed by atoms with Crippen molar-refractivity contribution >= 4 is 21.1 Å². The van der Waals surface area contributed by atoms with Gasteiger partial charge in [0.1, 0.15) is 0 Å². The van der Waals surface area contributed by atoms with E-state index in [2.05, 4.69) is 4.98 Å². The number of benzene rings is 2. The highest BCUT2D eigenvalue weighted by atomic mass is 32.2. The number of fused-ring (bicyclic) bond motifs is 2. The molecule has 6 nitrogen and oxygen atoms in total. The smallest absolute Gasteiger partial charge is 0.408 e. The van der Waals surface area contributed by atoms with E-state index in [0.29, 0.717) is 18.6 Å². The summed E-state index contributed by atoms with van der Waals surface area (Å²) in [6, 6.07) is 12.3. The molecular formula is C17H16N2O4S. The molecule has 0 saturated carbocycles. The Morgan fingerprint density at radius 1 is 1.21 bits per heavy atom. The number of H-pyrrole nitrogens is 1. The van der Waals surface area contributed by atoms with Crippen LogP contribution in [0.2, 0.25) is 0 Å². The van der Waals surface area contributed by atoms with Crippen molar-refractivity contribution in [3.05, 3.63) is 64.1 Å². The molecule has 1 unspecified atom stereocenters. The van der Waals surface area contributed by atoms with Crippen molar-refractivity contribution in [2.75, 3.05) is 6.54 Å². The second kappa shape index (κ2) is 5.32. The summed E-state index contributed by atoms with van der Waals surface area (Å²) in [6.45, 7) is 2.79. The van der Waals surface area contributed by atoms with Gasteiger partial charge in [-0.05, 0) is 29.2 Å². The molecule has 1 aliphatic rings. The minimum atomic E-state index is -3.66. The Hall–Kier alpha value is -2.38. The number of hydrogen-bond acceptors (Lipinski definition) is 4. The molecule has 0 bridgehead atoms. The summed E-state index contributed by atoms with van der Waals surface area (Å²) in [7, 11) is -3.66. The Kier molecular flexibility index (Phi) is 3.36. The monoisotopic (exact) mass is 344 g/mol. The summed E-state index contributed by atoms with van der Waals surface area (Å²) in [6.07, 6.45) is 0. The maximum atomic E-state index is 13.0. The lowest BCUT2D eigenvalue weighted by molar-refractivity contribution is 0.363. The van der Waals surface area contributed by atoms with E-state index in [4.69, 9.17) is 4.42 Å². The van der Waals surface area contributed by atoms with Crippen LogP contribution in [0, 0.1) is 0 Å². The third kappa shape index (κ3) is 2.37. The van der Waals surface area contributed by atoms with Gasteiger partial charge in [-0.1, -0.05) is 31.2 Å². The van der Waals surface area contributed by atoms with Gasteiger partial charge < -0.3 is 4.42 Å². The number of aromatic amines is 1. The summed E-state index contributed by atoms with van der Waals surface area (Å²) in [5.74, 6) is -0.473. The van der Waals surface area contributed by atoms with Crippen LogP contribution in [0.25, 0.3) is 11.1 Å². The van der Waals surface area contributed by atoms with E-state index in [1.807, 2.05) is 31.2 Å². The zero-order valence-corrected chi connectivity index (χ0v) is 13.8. The second-order valence-corrected chi connectivity index (χ2v) is 8.01. The van der Waals surface area contributed by atoms with Gasteiger partial charge in [0.2, 0.25) is 10.0 Å². The predicted octanol–water partition coefficient (Wildman–Crippen LogP) is 2.43. The molecule has 1 aliphatic heterocycles. The third-order valence-corrected chi connectivity index (χ3v) is 6.25. The van der Waals surface area contributed by atoms with Crippen molar-refractivity contribution < 1.29 is 12.8 Å². The van der Waals surface area contributed by atoms with Gasteiger partial charge >= 0.3 is 5.76 Å². The van der Waals surface area contributed by atoms with Gasteiger partial charge in [-0.3, -0.25) is 4.98 Å². The fourth-order valence-electron chi connectivity index (χ4n) is 3.24. The first-order valence-corrected chi connectivity index (χ1v) is 9.10. The van der Waals surface area contributed by atoms with Gasteiger partial charge in [0, 0.05) is 19.2 Å². The Morgan fingerprint density at radius 2 is 2.00 bits per heavy atom. The molecule has 0 fully saturated rings. The van der Waals surface area contributed by atoms with Crippen LogP contribution in [-0.4, -0.2) is 24.3 Å². The standard InChI is InChI=1S/C17H16N2O4S/c1-11-9-19(10-12-4-2-3-5-14(11)12)24(21,22)13-6-7-15-16(8-13)23-17(20)18-15/h2-8,11H,9-10H2,1H3,(H,18,20). The molecule has 124 valence electrons. The molecule has 1 aromatic heterocycles. The van der Waals surface area contributed by atoms with Gasteiger partial charge in [0.15, 0.2) is 5.58 Å². The first-order valence-electron chi connectivity index (χ1n) is 7.66. The van der Waals surface area contributed by atoms with E-state index in [1.165, 1.54) is 22.0 Å². The zero-order chi connectivity index (χ0) is 16.9. The Balaban J connectivity index is 1.75. The summed E-state index contributed by atoms with van der Waals surface area (Å²) in [5.41, 5.74) is 2.94. The third-order valence-electron chi connectivity index (χ3n) is 4.44. The molecule has 4 rings (SSSR count). The van der Waals surface area contributed by atoms with Crippen LogP contribution in [0.1, 0.15) is 24.0 Å². The van der Waals surface area contributed by atoms with E-state index in [9.17, 15) is 13.2 Å². The second-order valence-electron chi connectivity index (χ2n) is 6.07. The van der Waals surface area contributed by atoms with Crippen molar-refractivity contribution in [3.8, 4) is 0 Å². The fraction of sp³-hybridized carbons (Fsp3) is 0.235. The molecule has 2 heterocycles. The number of sulfonamides is 1. The number of oxazole rings is 1. The highest BCUT2D eigenvalue weighted by Gasteiger charge is 2.31. The topological polar surface area (TPSA) is 83.4 Å². The highest BCUT2D eigenvalue weighted by molar-refractivity contribution is 7.89. The number of nitrogens with zero attached hydrogens (tertiary/aromatic N) is 1. The van der Waals surface area contributed by atoms with Crippen molar-refractivity contribution in [1.29, 1.82) is 0 Å². The van der Waals surface area contributed by atoms with Crippen LogP contribution in [0.15, 0.2) is 56.6 Å². The van der Waals surface area contributed by atoms with Gasteiger partial charge in [0.25, 0.3) is 0 Å². The summed E-state index contributed by atoms with van der Waals surface area (Å²) >= 11 is 0. The van der Waals surface area contributed by atoms with Crippen LogP contribution in [0.3, 0.4) is 0 Å². The lowest BCUT2D eigenvalue weighted by Crippen LogP contribution is -2.37. The van der Waals surface area contributed by atoms with E-state index >= 15 is 0 Å². The zero-order valence-electron chi connectivity index (χ0n) is 13.0. The molecular weight excluding hydrogens is 328 g/mol. The fourth-order valence-corrected chi connectivity index (χ4v) is 4.76. The molecule has 3 aromatic rings. The molecule has 2 aromatic carbocycles. The Bertz CT molecular complexity index is 1080. The molecule has 0 saturated heterocycles. The van der Waals surface area contributed by atoms with Crippen LogP contribution in [0.4, 0.5) is 0 Å².